The molecule has 1 fully saturated rings. The first-order valence-corrected chi connectivity index (χ1v) is 10.2. The number of rotatable bonds is 6. The number of likely N-dealkylation sites (tertiary alicyclic amines) is 1. The highest BCUT2D eigenvalue weighted by molar-refractivity contribution is 5.86. The van der Waals surface area contributed by atoms with E-state index in [4.69, 9.17) is 11.1 Å². The third kappa shape index (κ3) is 4.84. The van der Waals surface area contributed by atoms with E-state index in [1.54, 1.807) is 0 Å². The Labute approximate surface area is 172 Å². The van der Waals surface area contributed by atoms with Crippen LogP contribution < -0.4 is 11.1 Å². The number of benzene rings is 3. The summed E-state index contributed by atoms with van der Waals surface area (Å²) in [4.78, 5) is 2.52. The molecule has 0 aromatic heterocycles. The summed E-state index contributed by atoms with van der Waals surface area (Å²) in [6, 6.07) is 25.7. The lowest BCUT2D eigenvalue weighted by Crippen LogP contribution is -2.41. The minimum atomic E-state index is 0.412. The highest BCUT2D eigenvalue weighted by Gasteiger charge is 2.20. The first kappa shape index (κ1) is 19.2. The SMILES string of the molecule is N=Cc1cc(NC2CCCN(Cc3ccc(-c4ccccc4)cc3)C2)ccc1N. The molecule has 1 saturated heterocycles. The summed E-state index contributed by atoms with van der Waals surface area (Å²) < 4.78 is 0. The fourth-order valence-corrected chi connectivity index (χ4v) is 4.03. The molecule has 148 valence electrons. The molecule has 1 aliphatic heterocycles. The van der Waals surface area contributed by atoms with Crippen LogP contribution >= 0.6 is 0 Å². The molecule has 1 unspecified atom stereocenters. The van der Waals surface area contributed by atoms with E-state index < -0.39 is 0 Å². The van der Waals surface area contributed by atoms with E-state index in [-0.39, 0.29) is 0 Å². The maximum atomic E-state index is 7.49. The standard InChI is InChI=1S/C25H28N4/c26-16-22-15-23(12-13-25(22)27)28-24-7-4-14-29(18-24)17-19-8-10-21(11-9-19)20-5-2-1-3-6-20/h1-3,5-6,8-13,15-16,24,26,28H,4,7,14,17-18,27H2. The van der Waals surface area contributed by atoms with Crippen LogP contribution in [0.3, 0.4) is 0 Å². The second-order valence-corrected chi connectivity index (χ2v) is 7.77. The summed E-state index contributed by atoms with van der Waals surface area (Å²) in [6.07, 6.45) is 3.66. The lowest BCUT2D eigenvalue weighted by atomic mass is 10.0. The maximum Gasteiger partial charge on any atom is 0.0404 e. The average molecular weight is 385 g/mol. The van der Waals surface area contributed by atoms with Crippen molar-refractivity contribution >= 4 is 17.6 Å². The van der Waals surface area contributed by atoms with Crippen molar-refractivity contribution in [3.63, 3.8) is 0 Å². The molecule has 4 rings (SSSR count). The van der Waals surface area contributed by atoms with Crippen molar-refractivity contribution < 1.29 is 0 Å². The third-order valence-electron chi connectivity index (χ3n) is 5.59. The first-order chi connectivity index (χ1) is 14.2. The van der Waals surface area contributed by atoms with Gasteiger partial charge in [0.1, 0.15) is 0 Å². The van der Waals surface area contributed by atoms with E-state index in [1.807, 2.05) is 18.2 Å². The van der Waals surface area contributed by atoms with Crippen molar-refractivity contribution in [2.24, 2.45) is 0 Å². The average Bonchev–Trinajstić information content (AvgIpc) is 2.76. The number of anilines is 2. The van der Waals surface area contributed by atoms with Gasteiger partial charge in [-0.25, -0.2) is 0 Å². The molecule has 0 bridgehead atoms. The van der Waals surface area contributed by atoms with Crippen molar-refractivity contribution in [2.45, 2.75) is 25.4 Å². The van der Waals surface area contributed by atoms with Crippen LogP contribution in [0.2, 0.25) is 0 Å². The van der Waals surface area contributed by atoms with Gasteiger partial charge in [0.15, 0.2) is 0 Å². The number of hydrogen-bond acceptors (Lipinski definition) is 4. The Morgan fingerprint density at radius 2 is 1.76 bits per heavy atom. The molecule has 4 heteroatoms. The van der Waals surface area contributed by atoms with Gasteiger partial charge in [-0.3, -0.25) is 4.90 Å². The van der Waals surface area contributed by atoms with E-state index in [1.165, 1.54) is 29.3 Å². The van der Waals surface area contributed by atoms with E-state index in [9.17, 15) is 0 Å². The van der Waals surface area contributed by atoms with Crippen LogP contribution in [-0.2, 0) is 6.54 Å². The van der Waals surface area contributed by atoms with Crippen LogP contribution in [0, 0.1) is 5.41 Å². The summed E-state index contributed by atoms with van der Waals surface area (Å²) in [5, 5.41) is 11.1. The molecule has 29 heavy (non-hydrogen) atoms. The molecule has 0 amide bonds. The monoisotopic (exact) mass is 384 g/mol. The van der Waals surface area contributed by atoms with E-state index in [2.05, 4.69) is 64.8 Å². The normalized spacial score (nSPS) is 17.0. The van der Waals surface area contributed by atoms with Gasteiger partial charge in [0.2, 0.25) is 0 Å². The molecule has 0 aliphatic carbocycles. The van der Waals surface area contributed by atoms with Crippen LogP contribution in [-0.4, -0.2) is 30.2 Å². The topological polar surface area (TPSA) is 65.1 Å². The predicted molar refractivity (Wildman–Crippen MR) is 123 cm³/mol. The zero-order chi connectivity index (χ0) is 20.1. The largest absolute Gasteiger partial charge is 0.398 e. The van der Waals surface area contributed by atoms with Gasteiger partial charge in [0.05, 0.1) is 0 Å². The molecule has 0 radical (unpaired) electrons. The van der Waals surface area contributed by atoms with Crippen LogP contribution in [0.15, 0.2) is 72.8 Å². The number of piperidine rings is 1. The zero-order valence-corrected chi connectivity index (χ0v) is 16.6. The fourth-order valence-electron chi connectivity index (χ4n) is 4.03. The smallest absolute Gasteiger partial charge is 0.0404 e. The zero-order valence-electron chi connectivity index (χ0n) is 16.6. The van der Waals surface area contributed by atoms with Gasteiger partial charge in [-0.1, -0.05) is 54.6 Å². The Kier molecular flexibility index (Phi) is 5.92. The number of nitrogen functional groups attached to an aromatic ring is 1. The van der Waals surface area contributed by atoms with Crippen molar-refractivity contribution in [1.29, 1.82) is 5.41 Å². The molecule has 1 heterocycles. The molecule has 1 aliphatic rings. The van der Waals surface area contributed by atoms with Crippen LogP contribution in [0.1, 0.15) is 24.0 Å². The minimum absolute atomic E-state index is 0.412. The van der Waals surface area contributed by atoms with Gasteiger partial charge < -0.3 is 16.5 Å². The summed E-state index contributed by atoms with van der Waals surface area (Å²) in [5.74, 6) is 0. The van der Waals surface area contributed by atoms with Crippen LogP contribution in [0.25, 0.3) is 11.1 Å². The predicted octanol–water partition coefficient (Wildman–Crippen LogP) is 5.01. The molecule has 4 nitrogen and oxygen atoms in total. The summed E-state index contributed by atoms with van der Waals surface area (Å²) in [5.41, 5.74) is 12.2. The Hall–Kier alpha value is -3.11. The number of hydrogen-bond donors (Lipinski definition) is 3. The van der Waals surface area contributed by atoms with Crippen molar-refractivity contribution in [3.8, 4) is 11.1 Å². The van der Waals surface area contributed by atoms with E-state index in [0.29, 0.717) is 11.7 Å². The summed E-state index contributed by atoms with van der Waals surface area (Å²) >= 11 is 0. The highest BCUT2D eigenvalue weighted by atomic mass is 15.2. The van der Waals surface area contributed by atoms with Crippen molar-refractivity contribution in [2.75, 3.05) is 24.1 Å². The molecular formula is C25H28N4. The third-order valence-corrected chi connectivity index (χ3v) is 5.59. The second-order valence-electron chi connectivity index (χ2n) is 7.77. The fraction of sp³-hybridized carbons (Fsp3) is 0.240. The van der Waals surface area contributed by atoms with E-state index in [0.717, 1.165) is 37.3 Å². The molecule has 0 spiro atoms. The Balaban J connectivity index is 1.37. The molecule has 1 atom stereocenters. The molecule has 4 N–H and O–H groups in total. The number of nitrogens with two attached hydrogens (primary N) is 1. The van der Waals surface area contributed by atoms with Gasteiger partial charge in [-0.15, -0.1) is 0 Å². The van der Waals surface area contributed by atoms with Gasteiger partial charge in [0.25, 0.3) is 0 Å². The van der Waals surface area contributed by atoms with Gasteiger partial charge in [-0.05, 0) is 54.3 Å². The first-order valence-electron chi connectivity index (χ1n) is 10.2. The molecule has 0 saturated carbocycles. The van der Waals surface area contributed by atoms with E-state index >= 15 is 0 Å². The molecule has 3 aromatic rings. The lowest BCUT2D eigenvalue weighted by molar-refractivity contribution is 0.208. The minimum Gasteiger partial charge on any atom is -0.398 e. The second kappa shape index (κ2) is 8.93. The lowest BCUT2D eigenvalue weighted by Gasteiger charge is -2.33. The Morgan fingerprint density at radius 3 is 2.52 bits per heavy atom. The highest BCUT2D eigenvalue weighted by Crippen LogP contribution is 2.23. The summed E-state index contributed by atoms with van der Waals surface area (Å²) in [6.45, 7) is 3.12. The van der Waals surface area contributed by atoms with Gasteiger partial charge in [-0.2, -0.15) is 0 Å². The van der Waals surface area contributed by atoms with Gasteiger partial charge in [0, 0.05) is 42.3 Å². The molecular weight excluding hydrogens is 356 g/mol. The van der Waals surface area contributed by atoms with Crippen molar-refractivity contribution in [3.05, 3.63) is 83.9 Å². The van der Waals surface area contributed by atoms with Crippen LogP contribution in [0.4, 0.5) is 11.4 Å². The number of nitrogens with one attached hydrogen (secondary N) is 2. The van der Waals surface area contributed by atoms with Crippen molar-refractivity contribution in [1.82, 2.24) is 4.90 Å². The summed E-state index contributed by atoms with van der Waals surface area (Å²) in [7, 11) is 0. The van der Waals surface area contributed by atoms with Gasteiger partial charge >= 0.3 is 0 Å². The Bertz CT molecular complexity index is 950. The Morgan fingerprint density at radius 1 is 1.00 bits per heavy atom. The maximum absolute atomic E-state index is 7.49. The van der Waals surface area contributed by atoms with Crippen LogP contribution in [0.5, 0.6) is 0 Å². The quantitative estimate of drug-likeness (QED) is 0.413. The number of nitrogens with zero attached hydrogens (tertiary/aromatic N) is 1. The molecule has 3 aromatic carbocycles.